The van der Waals surface area contributed by atoms with Crippen molar-refractivity contribution in [3.05, 3.63) is 27.8 Å². The SMILES string of the molecule is O=[N+]([O-])c1c(NCC2CSCCS2)ccc2scnc12. The number of anilines is 1. The number of benzene rings is 1. The summed E-state index contributed by atoms with van der Waals surface area (Å²) in [5.74, 6) is 3.46. The van der Waals surface area contributed by atoms with Crippen LogP contribution in [-0.2, 0) is 0 Å². The van der Waals surface area contributed by atoms with Gasteiger partial charge in [-0.25, -0.2) is 4.98 Å². The lowest BCUT2D eigenvalue weighted by atomic mass is 10.2. The average Bonchev–Trinajstić information content (AvgIpc) is 2.93. The number of thiazole rings is 1. The highest BCUT2D eigenvalue weighted by Gasteiger charge is 2.22. The average molecular weight is 327 g/mol. The van der Waals surface area contributed by atoms with E-state index in [-0.39, 0.29) is 10.6 Å². The maximum Gasteiger partial charge on any atom is 0.319 e. The third-order valence-electron chi connectivity index (χ3n) is 3.06. The number of aromatic nitrogens is 1. The minimum Gasteiger partial charge on any atom is -0.378 e. The summed E-state index contributed by atoms with van der Waals surface area (Å²) >= 11 is 5.31. The van der Waals surface area contributed by atoms with Crippen LogP contribution in [0, 0.1) is 10.1 Å². The predicted octanol–water partition coefficient (Wildman–Crippen LogP) is 3.47. The maximum atomic E-state index is 11.3. The summed E-state index contributed by atoms with van der Waals surface area (Å²) in [7, 11) is 0. The third-order valence-corrected chi connectivity index (χ3v) is 6.70. The summed E-state index contributed by atoms with van der Waals surface area (Å²) < 4.78 is 0.852. The molecule has 0 radical (unpaired) electrons. The lowest BCUT2D eigenvalue weighted by Gasteiger charge is -2.21. The number of hydrogen-bond acceptors (Lipinski definition) is 7. The highest BCUT2D eigenvalue weighted by Crippen LogP contribution is 2.34. The molecule has 8 heteroatoms. The number of nitrogens with one attached hydrogen (secondary N) is 1. The van der Waals surface area contributed by atoms with E-state index in [9.17, 15) is 10.1 Å². The van der Waals surface area contributed by atoms with Crippen LogP contribution in [0.15, 0.2) is 17.6 Å². The molecule has 1 aliphatic heterocycles. The molecule has 2 heterocycles. The Morgan fingerprint density at radius 2 is 2.35 bits per heavy atom. The Balaban J connectivity index is 1.82. The van der Waals surface area contributed by atoms with Crippen LogP contribution in [0.2, 0.25) is 0 Å². The molecule has 1 aromatic heterocycles. The van der Waals surface area contributed by atoms with E-state index in [1.807, 2.05) is 29.6 Å². The Bertz CT molecular complexity index is 625. The van der Waals surface area contributed by atoms with Crippen molar-refractivity contribution in [2.75, 3.05) is 29.1 Å². The molecule has 0 saturated carbocycles. The maximum absolute atomic E-state index is 11.3. The lowest BCUT2D eigenvalue weighted by molar-refractivity contribution is -0.382. The van der Waals surface area contributed by atoms with Gasteiger partial charge in [-0.1, -0.05) is 0 Å². The zero-order valence-electron chi connectivity index (χ0n) is 10.6. The molecule has 1 aliphatic rings. The second-order valence-corrected chi connectivity index (χ2v) is 7.81. The number of rotatable bonds is 4. The minimum atomic E-state index is -0.340. The molecule has 1 unspecified atom stereocenters. The van der Waals surface area contributed by atoms with Gasteiger partial charge in [0.1, 0.15) is 5.69 Å². The summed E-state index contributed by atoms with van der Waals surface area (Å²) in [6, 6.07) is 3.68. The van der Waals surface area contributed by atoms with E-state index in [2.05, 4.69) is 10.3 Å². The van der Waals surface area contributed by atoms with E-state index < -0.39 is 0 Å². The summed E-state index contributed by atoms with van der Waals surface area (Å²) in [5, 5.41) is 15.1. The van der Waals surface area contributed by atoms with Gasteiger partial charge >= 0.3 is 5.69 Å². The molecule has 0 aliphatic carbocycles. The topological polar surface area (TPSA) is 68.1 Å². The van der Waals surface area contributed by atoms with Gasteiger partial charge in [-0.2, -0.15) is 23.5 Å². The number of fused-ring (bicyclic) bond motifs is 1. The molecule has 3 rings (SSSR count). The predicted molar refractivity (Wildman–Crippen MR) is 88.3 cm³/mol. The van der Waals surface area contributed by atoms with Gasteiger partial charge < -0.3 is 5.32 Å². The molecule has 1 N–H and O–H groups in total. The number of nitrogens with zero attached hydrogens (tertiary/aromatic N) is 2. The van der Waals surface area contributed by atoms with Crippen LogP contribution in [0.5, 0.6) is 0 Å². The number of nitro benzene ring substituents is 1. The molecule has 0 bridgehead atoms. The molecule has 2 aromatic rings. The molecule has 1 fully saturated rings. The lowest BCUT2D eigenvalue weighted by Crippen LogP contribution is -2.23. The third kappa shape index (κ3) is 2.87. The van der Waals surface area contributed by atoms with Crippen LogP contribution < -0.4 is 5.32 Å². The van der Waals surface area contributed by atoms with Gasteiger partial charge in [-0.3, -0.25) is 10.1 Å². The fourth-order valence-electron chi connectivity index (χ4n) is 2.12. The zero-order chi connectivity index (χ0) is 13.9. The van der Waals surface area contributed by atoms with E-state index in [4.69, 9.17) is 0 Å². The highest BCUT2D eigenvalue weighted by atomic mass is 32.2. The van der Waals surface area contributed by atoms with Crippen LogP contribution in [0.1, 0.15) is 0 Å². The van der Waals surface area contributed by atoms with Gasteiger partial charge in [0.05, 0.1) is 15.1 Å². The van der Waals surface area contributed by atoms with E-state index in [1.54, 1.807) is 11.6 Å². The van der Waals surface area contributed by atoms with Crippen molar-refractivity contribution in [3.8, 4) is 0 Å². The number of thioether (sulfide) groups is 2. The quantitative estimate of drug-likeness (QED) is 0.685. The van der Waals surface area contributed by atoms with Crippen molar-refractivity contribution in [2.24, 2.45) is 0 Å². The van der Waals surface area contributed by atoms with Gasteiger partial charge in [0.2, 0.25) is 0 Å². The molecule has 1 atom stereocenters. The molecule has 0 spiro atoms. The van der Waals surface area contributed by atoms with Gasteiger partial charge in [0, 0.05) is 29.1 Å². The van der Waals surface area contributed by atoms with Crippen molar-refractivity contribution in [1.82, 2.24) is 4.98 Å². The Kier molecular flexibility index (Phi) is 4.32. The second-order valence-electron chi connectivity index (χ2n) is 4.37. The standard InChI is InChI=1S/C12H13N3O2S3/c16-15(17)12-9(1-2-10-11(12)14-7-20-10)13-5-8-6-18-3-4-19-8/h1-2,7-8,13H,3-6H2. The Morgan fingerprint density at radius 3 is 3.10 bits per heavy atom. The number of nitro groups is 1. The molecule has 0 amide bonds. The smallest absolute Gasteiger partial charge is 0.319 e. The van der Waals surface area contributed by atoms with Crippen molar-refractivity contribution < 1.29 is 4.92 Å². The Morgan fingerprint density at radius 1 is 1.45 bits per heavy atom. The Labute approximate surface area is 128 Å². The molecule has 1 aromatic carbocycles. The summed E-state index contributed by atoms with van der Waals surface area (Å²) in [6.07, 6.45) is 0. The monoisotopic (exact) mass is 327 g/mol. The van der Waals surface area contributed by atoms with Crippen LogP contribution in [0.25, 0.3) is 10.2 Å². The normalized spacial score (nSPS) is 19.1. The van der Waals surface area contributed by atoms with Crippen LogP contribution in [0.4, 0.5) is 11.4 Å². The second kappa shape index (κ2) is 6.19. The fraction of sp³-hybridized carbons (Fsp3) is 0.417. The fourth-order valence-corrected chi connectivity index (χ4v) is 5.41. The van der Waals surface area contributed by atoms with Gasteiger partial charge in [0.15, 0.2) is 5.52 Å². The van der Waals surface area contributed by atoms with Crippen molar-refractivity contribution in [2.45, 2.75) is 5.25 Å². The first-order valence-corrected chi connectivity index (χ1v) is 9.28. The molecule has 106 valence electrons. The number of hydrogen-bond donors (Lipinski definition) is 1. The molecular formula is C12H13N3O2S3. The molecular weight excluding hydrogens is 314 g/mol. The van der Waals surface area contributed by atoms with Gasteiger partial charge in [-0.05, 0) is 12.1 Å². The van der Waals surface area contributed by atoms with Gasteiger partial charge in [-0.15, -0.1) is 11.3 Å². The summed E-state index contributed by atoms with van der Waals surface area (Å²) in [6.45, 7) is 0.758. The first-order valence-electron chi connectivity index (χ1n) is 6.19. The molecule has 5 nitrogen and oxygen atoms in total. The minimum absolute atomic E-state index is 0.0946. The van der Waals surface area contributed by atoms with Crippen LogP contribution in [-0.4, -0.2) is 39.0 Å². The Hall–Kier alpha value is -0.990. The zero-order valence-corrected chi connectivity index (χ0v) is 13.0. The molecule has 20 heavy (non-hydrogen) atoms. The first kappa shape index (κ1) is 14.0. The summed E-state index contributed by atoms with van der Waals surface area (Å²) in [5.41, 5.74) is 2.80. The highest BCUT2D eigenvalue weighted by molar-refractivity contribution is 8.06. The van der Waals surface area contributed by atoms with E-state index in [0.29, 0.717) is 16.5 Å². The van der Waals surface area contributed by atoms with Crippen molar-refractivity contribution >= 4 is 56.5 Å². The van der Waals surface area contributed by atoms with E-state index in [1.165, 1.54) is 17.1 Å². The summed E-state index contributed by atoms with van der Waals surface area (Å²) in [4.78, 5) is 15.1. The van der Waals surface area contributed by atoms with E-state index >= 15 is 0 Å². The van der Waals surface area contributed by atoms with E-state index in [0.717, 1.165) is 22.8 Å². The van der Waals surface area contributed by atoms with Crippen molar-refractivity contribution in [1.29, 1.82) is 0 Å². The van der Waals surface area contributed by atoms with Crippen molar-refractivity contribution in [3.63, 3.8) is 0 Å². The first-order chi connectivity index (χ1) is 9.75. The largest absolute Gasteiger partial charge is 0.378 e. The molecule has 1 saturated heterocycles. The van der Waals surface area contributed by atoms with Crippen LogP contribution >= 0.6 is 34.9 Å². The van der Waals surface area contributed by atoms with Crippen LogP contribution in [0.3, 0.4) is 0 Å². The van der Waals surface area contributed by atoms with Gasteiger partial charge in [0.25, 0.3) is 0 Å².